The zero-order chi connectivity index (χ0) is 24.3. The van der Waals surface area contributed by atoms with Crippen molar-refractivity contribution in [2.24, 2.45) is 27.7 Å². The van der Waals surface area contributed by atoms with E-state index in [1.165, 1.54) is 0 Å². The molecule has 30 heavy (non-hydrogen) atoms. The third-order valence-corrected chi connectivity index (χ3v) is 5.81. The van der Waals surface area contributed by atoms with Crippen molar-refractivity contribution in [3.8, 4) is 0 Å². The molecule has 0 saturated carbocycles. The van der Waals surface area contributed by atoms with Gasteiger partial charge in [0.05, 0.1) is 5.41 Å². The highest BCUT2D eigenvalue weighted by Gasteiger charge is 2.64. The number of nitrogens with two attached hydrogens (primary N) is 2. The lowest BCUT2D eigenvalue weighted by molar-refractivity contribution is -0.176. The fourth-order valence-electron chi connectivity index (χ4n) is 4.77. The molecule has 0 aliphatic rings. The molecule has 0 saturated heterocycles. The summed E-state index contributed by atoms with van der Waals surface area (Å²) in [5.41, 5.74) is 8.11. The van der Waals surface area contributed by atoms with Gasteiger partial charge in [0.1, 0.15) is 5.60 Å². The SMILES string of the molecule is CC(C)(C)OC(=O)CCC(N)(CCC(=O)O)C(N)C(C(=O)O)(C(C)(C)C)C(C)(C)C. The van der Waals surface area contributed by atoms with E-state index >= 15 is 0 Å². The third-order valence-electron chi connectivity index (χ3n) is 5.81. The Bertz CT molecular complexity index is 625. The van der Waals surface area contributed by atoms with Gasteiger partial charge < -0.3 is 26.4 Å². The maximum absolute atomic E-state index is 12.7. The molecular formula is C22H42N2O6. The molecule has 0 fully saturated rings. The van der Waals surface area contributed by atoms with Crippen LogP contribution in [0.15, 0.2) is 0 Å². The number of carboxylic acid groups (broad SMARTS) is 2. The Hall–Kier alpha value is -1.67. The van der Waals surface area contributed by atoms with E-state index in [0.717, 1.165) is 0 Å². The molecule has 0 radical (unpaired) electrons. The Kier molecular flexibility index (Phi) is 8.71. The van der Waals surface area contributed by atoms with E-state index in [-0.39, 0.29) is 25.7 Å². The van der Waals surface area contributed by atoms with Gasteiger partial charge in [0.25, 0.3) is 0 Å². The lowest BCUT2D eigenvalue weighted by Crippen LogP contribution is -2.72. The fourth-order valence-corrected chi connectivity index (χ4v) is 4.77. The molecule has 0 aliphatic heterocycles. The summed E-state index contributed by atoms with van der Waals surface area (Å²) in [6.07, 6.45) is -0.432. The summed E-state index contributed by atoms with van der Waals surface area (Å²) in [4.78, 5) is 36.3. The van der Waals surface area contributed by atoms with Crippen LogP contribution in [0.4, 0.5) is 0 Å². The van der Waals surface area contributed by atoms with Gasteiger partial charge in [0, 0.05) is 24.4 Å². The third kappa shape index (κ3) is 6.41. The Morgan fingerprint density at radius 2 is 1.23 bits per heavy atom. The summed E-state index contributed by atoms with van der Waals surface area (Å²) >= 11 is 0. The number of carboxylic acids is 2. The van der Waals surface area contributed by atoms with Crippen LogP contribution in [0.25, 0.3) is 0 Å². The largest absolute Gasteiger partial charge is 0.481 e. The zero-order valence-corrected chi connectivity index (χ0v) is 20.1. The first-order valence-electron chi connectivity index (χ1n) is 10.3. The zero-order valence-electron chi connectivity index (χ0n) is 20.1. The van der Waals surface area contributed by atoms with Crippen molar-refractivity contribution in [3.63, 3.8) is 0 Å². The first-order chi connectivity index (χ1) is 13.1. The molecule has 0 aromatic heterocycles. The van der Waals surface area contributed by atoms with Crippen LogP contribution in [0.3, 0.4) is 0 Å². The van der Waals surface area contributed by atoms with Gasteiger partial charge >= 0.3 is 17.9 Å². The number of aliphatic carboxylic acids is 2. The van der Waals surface area contributed by atoms with E-state index in [0.29, 0.717) is 0 Å². The number of esters is 1. The molecular weight excluding hydrogens is 388 g/mol. The molecule has 0 aromatic rings. The van der Waals surface area contributed by atoms with Gasteiger partial charge in [0.2, 0.25) is 0 Å². The summed E-state index contributed by atoms with van der Waals surface area (Å²) in [6.45, 7) is 16.0. The maximum Gasteiger partial charge on any atom is 0.312 e. The minimum absolute atomic E-state index is 0.0115. The first kappa shape index (κ1) is 28.3. The van der Waals surface area contributed by atoms with Gasteiger partial charge in [-0.1, -0.05) is 41.5 Å². The number of rotatable bonds is 9. The summed E-state index contributed by atoms with van der Waals surface area (Å²) in [6, 6.07) is -1.12. The molecule has 0 aromatic carbocycles. The van der Waals surface area contributed by atoms with Crippen LogP contribution >= 0.6 is 0 Å². The Labute approximate surface area is 180 Å². The molecule has 8 heteroatoms. The molecule has 2 atom stereocenters. The van der Waals surface area contributed by atoms with Crippen molar-refractivity contribution in [3.05, 3.63) is 0 Å². The Morgan fingerprint density at radius 1 is 0.833 bits per heavy atom. The molecule has 0 amide bonds. The lowest BCUT2D eigenvalue weighted by Gasteiger charge is -2.57. The minimum atomic E-state index is -1.50. The van der Waals surface area contributed by atoms with Crippen LogP contribution < -0.4 is 11.5 Å². The van der Waals surface area contributed by atoms with Crippen LogP contribution in [0, 0.1) is 16.2 Å². The van der Waals surface area contributed by atoms with Crippen LogP contribution in [0.5, 0.6) is 0 Å². The summed E-state index contributed by atoms with van der Waals surface area (Å²) < 4.78 is 5.34. The van der Waals surface area contributed by atoms with Crippen molar-refractivity contribution < 1.29 is 29.3 Å². The molecule has 6 N–H and O–H groups in total. The first-order valence-corrected chi connectivity index (χ1v) is 10.3. The van der Waals surface area contributed by atoms with Crippen LogP contribution in [0.1, 0.15) is 88.0 Å². The van der Waals surface area contributed by atoms with E-state index in [1.807, 2.05) is 0 Å². The number of hydrogen-bond donors (Lipinski definition) is 4. The van der Waals surface area contributed by atoms with Gasteiger partial charge in [-0.2, -0.15) is 0 Å². The van der Waals surface area contributed by atoms with Gasteiger partial charge in [-0.3, -0.25) is 14.4 Å². The molecule has 0 spiro atoms. The summed E-state index contributed by atoms with van der Waals surface area (Å²) in [7, 11) is 0. The van der Waals surface area contributed by atoms with Gasteiger partial charge in [-0.25, -0.2) is 0 Å². The fraction of sp³-hybridized carbons (Fsp3) is 0.864. The van der Waals surface area contributed by atoms with Crippen molar-refractivity contribution in [2.45, 2.75) is 105 Å². The molecule has 2 unspecified atom stereocenters. The Morgan fingerprint density at radius 3 is 1.53 bits per heavy atom. The van der Waals surface area contributed by atoms with Crippen molar-refractivity contribution in [2.75, 3.05) is 0 Å². The second-order valence-corrected chi connectivity index (χ2v) is 11.3. The second-order valence-electron chi connectivity index (χ2n) is 11.3. The van der Waals surface area contributed by atoms with Crippen LogP contribution in [0.2, 0.25) is 0 Å². The van der Waals surface area contributed by atoms with E-state index in [9.17, 15) is 24.6 Å². The minimum Gasteiger partial charge on any atom is -0.481 e. The van der Waals surface area contributed by atoms with Gasteiger partial charge in [0.15, 0.2) is 0 Å². The van der Waals surface area contributed by atoms with Gasteiger partial charge in [-0.15, -0.1) is 0 Å². The maximum atomic E-state index is 12.7. The normalized spacial score (nSPS) is 16.5. The standard InChI is InChI=1S/C22H42N2O6/c1-18(2,3)22(17(28)29,19(4,5)6)16(23)21(24,12-10-14(25)26)13-11-15(27)30-20(7,8)9/h16H,10-13,23-24H2,1-9H3,(H,25,26)(H,28,29). The van der Waals surface area contributed by atoms with Gasteiger partial charge in [-0.05, 0) is 44.4 Å². The predicted octanol–water partition coefficient (Wildman–Crippen LogP) is 3.16. The number of hydrogen-bond acceptors (Lipinski definition) is 6. The average molecular weight is 431 g/mol. The van der Waals surface area contributed by atoms with Crippen LogP contribution in [-0.4, -0.2) is 45.3 Å². The highest BCUT2D eigenvalue weighted by molar-refractivity contribution is 5.78. The molecule has 0 rings (SSSR count). The Balaban J connectivity index is 6.33. The summed E-state index contributed by atoms with van der Waals surface area (Å²) in [5.74, 6) is -2.66. The van der Waals surface area contributed by atoms with E-state index in [2.05, 4.69) is 0 Å². The van der Waals surface area contributed by atoms with Crippen molar-refractivity contribution in [1.29, 1.82) is 0 Å². The van der Waals surface area contributed by atoms with E-state index < -0.39 is 51.3 Å². The number of ether oxygens (including phenoxy) is 1. The van der Waals surface area contributed by atoms with E-state index in [4.69, 9.17) is 16.2 Å². The molecule has 0 bridgehead atoms. The molecule has 0 heterocycles. The molecule has 0 aliphatic carbocycles. The van der Waals surface area contributed by atoms with Crippen molar-refractivity contribution in [1.82, 2.24) is 0 Å². The average Bonchev–Trinajstić information content (AvgIpc) is 2.46. The molecule has 8 nitrogen and oxygen atoms in total. The highest BCUT2D eigenvalue weighted by atomic mass is 16.6. The monoisotopic (exact) mass is 430 g/mol. The number of carbonyl (C=O) groups is 3. The molecule has 176 valence electrons. The highest BCUT2D eigenvalue weighted by Crippen LogP contribution is 2.56. The number of carbonyl (C=O) groups excluding carboxylic acids is 1. The lowest BCUT2D eigenvalue weighted by atomic mass is 9.47. The quantitative estimate of drug-likeness (QED) is 0.407. The van der Waals surface area contributed by atoms with E-state index in [1.54, 1.807) is 62.3 Å². The van der Waals surface area contributed by atoms with Crippen molar-refractivity contribution >= 4 is 17.9 Å². The van der Waals surface area contributed by atoms with Crippen LogP contribution in [-0.2, 0) is 19.1 Å². The second kappa shape index (κ2) is 9.22. The smallest absolute Gasteiger partial charge is 0.312 e. The topological polar surface area (TPSA) is 153 Å². The summed E-state index contributed by atoms with van der Waals surface area (Å²) in [5, 5.41) is 19.6. The predicted molar refractivity (Wildman–Crippen MR) is 116 cm³/mol.